The summed E-state index contributed by atoms with van der Waals surface area (Å²) in [7, 11) is 0. The van der Waals surface area contributed by atoms with Crippen LogP contribution < -0.4 is 10.6 Å². The van der Waals surface area contributed by atoms with Crippen molar-refractivity contribution < 1.29 is 4.79 Å². The highest BCUT2D eigenvalue weighted by molar-refractivity contribution is 7.18. The maximum atomic E-state index is 12.4. The van der Waals surface area contributed by atoms with Gasteiger partial charge in [-0.2, -0.15) is 0 Å². The molecular formula is C17H19N5OS. The van der Waals surface area contributed by atoms with Crippen LogP contribution in [0.4, 0.5) is 0 Å². The van der Waals surface area contributed by atoms with Gasteiger partial charge in [0.2, 0.25) is 5.91 Å². The minimum absolute atomic E-state index is 0.00708. The lowest BCUT2D eigenvalue weighted by Crippen LogP contribution is -2.41. The van der Waals surface area contributed by atoms with Crippen LogP contribution in [0.3, 0.4) is 0 Å². The highest BCUT2D eigenvalue weighted by Gasteiger charge is 2.27. The molecule has 1 atom stereocenters. The number of hydrogen-bond acceptors (Lipinski definition) is 5. The summed E-state index contributed by atoms with van der Waals surface area (Å²) in [4.78, 5) is 24.4. The number of amides is 1. The fraction of sp³-hybridized carbons (Fsp3) is 0.353. The number of H-pyrrole nitrogens is 1. The Labute approximate surface area is 143 Å². The summed E-state index contributed by atoms with van der Waals surface area (Å²) in [6, 6.07) is 7.82. The van der Waals surface area contributed by atoms with E-state index in [0.717, 1.165) is 47.7 Å². The van der Waals surface area contributed by atoms with Crippen LogP contribution in [0.2, 0.25) is 0 Å². The molecule has 3 heterocycles. The van der Waals surface area contributed by atoms with Gasteiger partial charge in [0, 0.05) is 31.6 Å². The van der Waals surface area contributed by atoms with E-state index in [0.29, 0.717) is 6.54 Å². The van der Waals surface area contributed by atoms with Crippen LogP contribution in [-0.4, -0.2) is 33.9 Å². The molecule has 0 saturated heterocycles. The third kappa shape index (κ3) is 3.05. The SMILES string of the molecule is O=C(NCCCc1nc2ccccc2s1)C1NCCc2[nH]cnc21. The summed E-state index contributed by atoms with van der Waals surface area (Å²) in [5, 5.41) is 7.36. The zero-order valence-corrected chi connectivity index (χ0v) is 14.0. The van der Waals surface area contributed by atoms with Crippen molar-refractivity contribution >= 4 is 27.5 Å². The molecule has 3 N–H and O–H groups in total. The quantitative estimate of drug-likeness (QED) is 0.620. The zero-order chi connectivity index (χ0) is 16.4. The lowest BCUT2D eigenvalue weighted by Gasteiger charge is -2.22. The number of nitrogens with one attached hydrogen (secondary N) is 3. The van der Waals surface area contributed by atoms with Crippen molar-refractivity contribution in [2.45, 2.75) is 25.3 Å². The molecule has 0 saturated carbocycles. The Kier molecular flexibility index (Phi) is 4.27. The van der Waals surface area contributed by atoms with E-state index in [1.165, 1.54) is 4.70 Å². The Morgan fingerprint density at radius 3 is 3.21 bits per heavy atom. The summed E-state index contributed by atoms with van der Waals surface area (Å²) in [6.45, 7) is 1.44. The Balaban J connectivity index is 1.29. The number of nitrogens with zero attached hydrogens (tertiary/aromatic N) is 2. The first kappa shape index (κ1) is 15.3. The fourth-order valence-electron chi connectivity index (χ4n) is 3.02. The highest BCUT2D eigenvalue weighted by Crippen LogP contribution is 2.22. The molecule has 1 unspecified atom stereocenters. The number of hydrogen-bond donors (Lipinski definition) is 3. The van der Waals surface area contributed by atoms with Crippen molar-refractivity contribution in [3.8, 4) is 0 Å². The first-order valence-electron chi connectivity index (χ1n) is 8.19. The van der Waals surface area contributed by atoms with E-state index in [9.17, 15) is 4.79 Å². The molecule has 24 heavy (non-hydrogen) atoms. The van der Waals surface area contributed by atoms with Gasteiger partial charge in [-0.05, 0) is 18.6 Å². The summed E-state index contributed by atoms with van der Waals surface area (Å²) in [5.74, 6) is -0.00708. The van der Waals surface area contributed by atoms with Crippen LogP contribution in [0.1, 0.15) is 28.9 Å². The normalized spacial score (nSPS) is 16.9. The first-order chi connectivity index (χ1) is 11.8. The maximum absolute atomic E-state index is 12.4. The van der Waals surface area contributed by atoms with Crippen LogP contribution in [-0.2, 0) is 17.6 Å². The van der Waals surface area contributed by atoms with Crippen molar-refractivity contribution in [1.82, 2.24) is 25.6 Å². The van der Waals surface area contributed by atoms with Gasteiger partial charge >= 0.3 is 0 Å². The van der Waals surface area contributed by atoms with Crippen LogP contribution in [0.5, 0.6) is 0 Å². The predicted octanol–water partition coefficient (Wildman–Crippen LogP) is 1.96. The fourth-order valence-corrected chi connectivity index (χ4v) is 4.02. The van der Waals surface area contributed by atoms with Crippen molar-refractivity contribution in [1.29, 1.82) is 0 Å². The number of rotatable bonds is 5. The molecule has 0 spiro atoms. The van der Waals surface area contributed by atoms with Crippen LogP contribution in [0.15, 0.2) is 30.6 Å². The third-order valence-electron chi connectivity index (χ3n) is 4.22. The van der Waals surface area contributed by atoms with Gasteiger partial charge in [0.1, 0.15) is 6.04 Å². The van der Waals surface area contributed by atoms with Crippen LogP contribution in [0, 0.1) is 0 Å². The van der Waals surface area contributed by atoms with E-state index in [1.807, 2.05) is 18.2 Å². The summed E-state index contributed by atoms with van der Waals surface area (Å²) < 4.78 is 1.22. The van der Waals surface area contributed by atoms with E-state index in [4.69, 9.17) is 0 Å². The van der Waals surface area contributed by atoms with Crippen LogP contribution in [0.25, 0.3) is 10.2 Å². The molecule has 0 fully saturated rings. The molecule has 0 radical (unpaired) electrons. The number of para-hydroxylation sites is 1. The number of benzene rings is 1. The van der Waals surface area contributed by atoms with Gasteiger partial charge in [-0.1, -0.05) is 12.1 Å². The molecule has 4 rings (SSSR count). The number of fused-ring (bicyclic) bond motifs is 2. The number of carbonyl (C=O) groups excluding carboxylic acids is 1. The number of imidazole rings is 1. The number of carbonyl (C=O) groups is 1. The molecule has 7 heteroatoms. The minimum atomic E-state index is -0.345. The number of aryl methyl sites for hydroxylation is 1. The van der Waals surface area contributed by atoms with Crippen LogP contribution >= 0.6 is 11.3 Å². The van der Waals surface area contributed by atoms with Gasteiger partial charge < -0.3 is 15.6 Å². The van der Waals surface area contributed by atoms with Gasteiger partial charge in [-0.15, -0.1) is 11.3 Å². The summed E-state index contributed by atoms with van der Waals surface area (Å²) in [6.07, 6.45) is 4.30. The molecule has 0 aliphatic carbocycles. The Hall–Kier alpha value is -2.25. The molecule has 2 aromatic heterocycles. The lowest BCUT2D eigenvalue weighted by atomic mass is 10.1. The lowest BCUT2D eigenvalue weighted by molar-refractivity contribution is -0.123. The van der Waals surface area contributed by atoms with E-state index in [1.54, 1.807) is 17.7 Å². The number of thiazole rings is 1. The van der Waals surface area contributed by atoms with E-state index in [-0.39, 0.29) is 11.9 Å². The van der Waals surface area contributed by atoms with Crippen molar-refractivity contribution in [3.63, 3.8) is 0 Å². The van der Waals surface area contributed by atoms with Gasteiger partial charge in [-0.25, -0.2) is 9.97 Å². The molecule has 124 valence electrons. The summed E-state index contributed by atoms with van der Waals surface area (Å²) in [5.41, 5.74) is 2.94. The van der Waals surface area contributed by atoms with E-state index in [2.05, 4.69) is 31.7 Å². The van der Waals surface area contributed by atoms with Gasteiger partial charge in [-0.3, -0.25) is 4.79 Å². The third-order valence-corrected chi connectivity index (χ3v) is 5.31. The number of aromatic amines is 1. The Morgan fingerprint density at radius 2 is 2.29 bits per heavy atom. The molecule has 1 aliphatic heterocycles. The highest BCUT2D eigenvalue weighted by atomic mass is 32.1. The first-order valence-corrected chi connectivity index (χ1v) is 9.00. The van der Waals surface area contributed by atoms with E-state index < -0.39 is 0 Å². The van der Waals surface area contributed by atoms with Crippen molar-refractivity contribution in [3.05, 3.63) is 47.0 Å². The topological polar surface area (TPSA) is 82.7 Å². The Morgan fingerprint density at radius 1 is 1.38 bits per heavy atom. The molecular weight excluding hydrogens is 322 g/mol. The second-order valence-electron chi connectivity index (χ2n) is 5.87. The minimum Gasteiger partial charge on any atom is -0.354 e. The molecule has 0 bridgehead atoms. The second-order valence-corrected chi connectivity index (χ2v) is 6.99. The van der Waals surface area contributed by atoms with Gasteiger partial charge in [0.15, 0.2) is 0 Å². The van der Waals surface area contributed by atoms with Gasteiger partial charge in [0.25, 0.3) is 0 Å². The summed E-state index contributed by atoms with van der Waals surface area (Å²) >= 11 is 1.73. The van der Waals surface area contributed by atoms with Crippen molar-refractivity contribution in [2.75, 3.05) is 13.1 Å². The average molecular weight is 341 g/mol. The van der Waals surface area contributed by atoms with Gasteiger partial charge in [0.05, 0.1) is 27.2 Å². The average Bonchev–Trinajstić information content (AvgIpc) is 3.24. The molecule has 6 nitrogen and oxygen atoms in total. The Bertz CT molecular complexity index is 822. The largest absolute Gasteiger partial charge is 0.354 e. The number of aromatic nitrogens is 3. The predicted molar refractivity (Wildman–Crippen MR) is 94.0 cm³/mol. The van der Waals surface area contributed by atoms with Crippen molar-refractivity contribution in [2.24, 2.45) is 0 Å². The molecule has 3 aromatic rings. The maximum Gasteiger partial charge on any atom is 0.243 e. The second kappa shape index (κ2) is 6.70. The molecule has 1 amide bonds. The van der Waals surface area contributed by atoms with E-state index >= 15 is 0 Å². The smallest absolute Gasteiger partial charge is 0.243 e. The standard InChI is InChI=1S/C17H19N5OS/c23-17(16-15-12(7-9-18-16)20-10-21-15)19-8-3-6-14-22-11-4-1-2-5-13(11)24-14/h1-2,4-5,10,16,18H,3,6-9H2,(H,19,23)(H,20,21). The molecule has 1 aliphatic rings. The zero-order valence-electron chi connectivity index (χ0n) is 13.2. The monoisotopic (exact) mass is 341 g/mol. The molecule has 1 aromatic carbocycles.